The van der Waals surface area contributed by atoms with Gasteiger partial charge in [0.2, 0.25) is 0 Å². The summed E-state index contributed by atoms with van der Waals surface area (Å²) in [5.41, 5.74) is 2.60. The molecule has 0 saturated heterocycles. The van der Waals surface area contributed by atoms with Crippen molar-refractivity contribution in [2.45, 2.75) is 33.2 Å². The molecule has 0 spiro atoms. The van der Waals surface area contributed by atoms with Crippen molar-refractivity contribution < 1.29 is 14.3 Å². The Hall–Kier alpha value is -3.13. The number of nitrogens with zero attached hydrogens (tertiary/aromatic N) is 4. The molecule has 0 radical (unpaired) electrons. The van der Waals surface area contributed by atoms with E-state index in [4.69, 9.17) is 0 Å². The number of aryl methyl sites for hydroxylation is 2. The number of aliphatic hydroxyl groups is 1. The lowest BCUT2D eigenvalue weighted by molar-refractivity contribution is 0.0922. The second-order valence-electron chi connectivity index (χ2n) is 6.67. The van der Waals surface area contributed by atoms with E-state index in [0.717, 1.165) is 5.56 Å². The van der Waals surface area contributed by atoms with Crippen molar-refractivity contribution in [1.82, 2.24) is 25.5 Å². The first kappa shape index (κ1) is 19.6. The molecule has 0 aliphatic rings. The summed E-state index contributed by atoms with van der Waals surface area (Å²) in [6.45, 7) is 5.24. The minimum absolute atomic E-state index is 0.183. The molecule has 3 aromatic rings. The molecule has 0 unspecified atom stereocenters. The number of benzene rings is 2. The molecule has 1 amide bonds. The molecule has 0 saturated carbocycles. The van der Waals surface area contributed by atoms with Crippen LogP contribution in [0.5, 0.6) is 0 Å². The predicted octanol–water partition coefficient (Wildman–Crippen LogP) is 2.45. The van der Waals surface area contributed by atoms with E-state index >= 15 is 0 Å². The number of carbonyl (C=O) groups is 1. The monoisotopic (exact) mass is 383 g/mol. The summed E-state index contributed by atoms with van der Waals surface area (Å²) in [5.74, 6) is -0.125. The quantitative estimate of drug-likeness (QED) is 0.682. The van der Waals surface area contributed by atoms with E-state index in [1.807, 2.05) is 19.9 Å². The van der Waals surface area contributed by atoms with Crippen molar-refractivity contribution >= 4 is 5.91 Å². The number of aliphatic hydroxyl groups excluding tert-OH is 1. The third kappa shape index (κ3) is 4.07. The van der Waals surface area contributed by atoms with Crippen LogP contribution in [0.4, 0.5) is 4.39 Å². The number of hydrogen-bond acceptors (Lipinski definition) is 5. The molecule has 2 N–H and O–H groups in total. The third-order valence-electron chi connectivity index (χ3n) is 4.36. The Bertz CT molecular complexity index is 1000. The molecule has 3 rings (SSSR count). The minimum Gasteiger partial charge on any atom is -0.394 e. The van der Waals surface area contributed by atoms with Gasteiger partial charge >= 0.3 is 0 Å². The maximum absolute atomic E-state index is 14.6. The maximum atomic E-state index is 14.6. The van der Waals surface area contributed by atoms with Crippen LogP contribution in [0.3, 0.4) is 0 Å². The van der Waals surface area contributed by atoms with E-state index in [2.05, 4.69) is 20.8 Å². The molecule has 7 nitrogen and oxygen atoms in total. The number of halogens is 1. The summed E-state index contributed by atoms with van der Waals surface area (Å²) in [6, 6.07) is 9.54. The van der Waals surface area contributed by atoms with Crippen LogP contribution in [0.2, 0.25) is 0 Å². The van der Waals surface area contributed by atoms with Crippen LogP contribution in [-0.2, 0) is 6.42 Å². The highest BCUT2D eigenvalue weighted by Crippen LogP contribution is 2.27. The number of tetrazole rings is 1. The number of aromatic nitrogens is 4. The zero-order valence-corrected chi connectivity index (χ0v) is 16.0. The topological polar surface area (TPSA) is 92.9 Å². The van der Waals surface area contributed by atoms with Gasteiger partial charge in [-0.1, -0.05) is 19.1 Å². The molecule has 0 bridgehead atoms. The van der Waals surface area contributed by atoms with Gasteiger partial charge < -0.3 is 10.4 Å². The second-order valence-corrected chi connectivity index (χ2v) is 6.67. The zero-order valence-electron chi connectivity index (χ0n) is 16.0. The van der Waals surface area contributed by atoms with Gasteiger partial charge in [-0.3, -0.25) is 4.79 Å². The zero-order chi connectivity index (χ0) is 20.3. The average Bonchev–Trinajstić information content (AvgIpc) is 3.16. The summed E-state index contributed by atoms with van der Waals surface area (Å²) >= 11 is 0. The second kappa shape index (κ2) is 8.26. The summed E-state index contributed by atoms with van der Waals surface area (Å²) < 4.78 is 16.1. The van der Waals surface area contributed by atoms with Crippen molar-refractivity contribution in [1.29, 1.82) is 0 Å². The Kier molecular flexibility index (Phi) is 5.79. The lowest BCUT2D eigenvalue weighted by Crippen LogP contribution is -2.35. The van der Waals surface area contributed by atoms with Gasteiger partial charge in [-0.15, -0.1) is 5.10 Å². The van der Waals surface area contributed by atoms with Crippen molar-refractivity contribution in [3.05, 3.63) is 59.2 Å². The molecule has 8 heteroatoms. The molecule has 146 valence electrons. The number of hydrogen-bond donors (Lipinski definition) is 2. The van der Waals surface area contributed by atoms with E-state index < -0.39 is 6.04 Å². The summed E-state index contributed by atoms with van der Waals surface area (Å²) in [4.78, 5) is 12.6. The van der Waals surface area contributed by atoms with Gasteiger partial charge in [0, 0.05) is 23.6 Å². The molecule has 0 aliphatic heterocycles. The van der Waals surface area contributed by atoms with Crippen LogP contribution < -0.4 is 5.32 Å². The molecular weight excluding hydrogens is 361 g/mol. The van der Waals surface area contributed by atoms with Crippen LogP contribution >= 0.6 is 0 Å². The SMILES string of the molecule is CCc1nnnn1-c1cc(C(=O)N[C@@H](C)CO)cc(-c2ccc(C)cc2F)c1. The predicted molar refractivity (Wildman–Crippen MR) is 103 cm³/mol. The maximum Gasteiger partial charge on any atom is 0.251 e. The Morgan fingerprint density at radius 1 is 1.29 bits per heavy atom. The minimum atomic E-state index is -0.407. The smallest absolute Gasteiger partial charge is 0.251 e. The number of rotatable bonds is 6. The Labute approximate surface area is 162 Å². The van der Waals surface area contributed by atoms with E-state index in [1.54, 1.807) is 31.2 Å². The molecule has 1 aromatic heterocycles. The third-order valence-corrected chi connectivity index (χ3v) is 4.36. The fraction of sp³-hybridized carbons (Fsp3) is 0.300. The molecule has 1 atom stereocenters. The Morgan fingerprint density at radius 3 is 2.75 bits per heavy atom. The van der Waals surface area contributed by atoms with Gasteiger partial charge in [-0.2, -0.15) is 4.68 Å². The summed E-state index contributed by atoms with van der Waals surface area (Å²) in [5, 5.41) is 23.6. The van der Waals surface area contributed by atoms with Crippen LogP contribution in [-0.4, -0.2) is 43.9 Å². The fourth-order valence-corrected chi connectivity index (χ4v) is 2.85. The molecule has 1 heterocycles. The van der Waals surface area contributed by atoms with Crippen molar-refractivity contribution in [2.75, 3.05) is 6.61 Å². The Balaban J connectivity index is 2.15. The van der Waals surface area contributed by atoms with Gasteiger partial charge in [0.15, 0.2) is 5.82 Å². The van der Waals surface area contributed by atoms with Gasteiger partial charge in [-0.05, 0) is 59.7 Å². The average molecular weight is 383 g/mol. The highest BCUT2D eigenvalue weighted by Gasteiger charge is 2.16. The van der Waals surface area contributed by atoms with Gasteiger partial charge in [0.1, 0.15) is 5.82 Å². The van der Waals surface area contributed by atoms with Crippen LogP contribution in [0.25, 0.3) is 16.8 Å². The lowest BCUT2D eigenvalue weighted by Gasteiger charge is -2.14. The first-order valence-corrected chi connectivity index (χ1v) is 9.04. The molecular formula is C20H22FN5O2. The molecule has 0 aliphatic carbocycles. The lowest BCUT2D eigenvalue weighted by atomic mass is 9.99. The van der Waals surface area contributed by atoms with Crippen molar-refractivity contribution in [2.24, 2.45) is 0 Å². The van der Waals surface area contributed by atoms with Gasteiger partial charge in [0.05, 0.1) is 12.3 Å². The van der Waals surface area contributed by atoms with E-state index in [1.165, 1.54) is 10.7 Å². The van der Waals surface area contributed by atoms with Crippen LogP contribution in [0.15, 0.2) is 36.4 Å². The highest BCUT2D eigenvalue weighted by molar-refractivity contribution is 5.96. The highest BCUT2D eigenvalue weighted by atomic mass is 19.1. The standard InChI is InChI=1S/C20H22FN5O2/c1-4-19-23-24-25-26(19)16-9-14(17-6-5-12(2)7-18(17)21)8-15(10-16)20(28)22-13(3)11-27/h5-10,13,27H,4,11H2,1-3H3,(H,22,28)/t13-/m0/s1. The first-order chi connectivity index (χ1) is 13.4. The fourth-order valence-electron chi connectivity index (χ4n) is 2.85. The molecule has 0 fully saturated rings. The van der Waals surface area contributed by atoms with Crippen molar-refractivity contribution in [3.63, 3.8) is 0 Å². The Morgan fingerprint density at radius 2 is 2.07 bits per heavy atom. The van der Waals surface area contributed by atoms with Crippen LogP contribution in [0, 0.1) is 12.7 Å². The molecule has 28 heavy (non-hydrogen) atoms. The van der Waals surface area contributed by atoms with E-state index in [0.29, 0.717) is 34.6 Å². The normalized spacial score (nSPS) is 12.0. The van der Waals surface area contributed by atoms with Gasteiger partial charge in [0.25, 0.3) is 5.91 Å². The number of amides is 1. The summed E-state index contributed by atoms with van der Waals surface area (Å²) in [6.07, 6.45) is 0.596. The van der Waals surface area contributed by atoms with Crippen LogP contribution in [0.1, 0.15) is 35.6 Å². The van der Waals surface area contributed by atoms with E-state index in [9.17, 15) is 14.3 Å². The molecule has 2 aromatic carbocycles. The first-order valence-electron chi connectivity index (χ1n) is 9.04. The summed E-state index contributed by atoms with van der Waals surface area (Å²) in [7, 11) is 0. The van der Waals surface area contributed by atoms with Gasteiger partial charge in [-0.25, -0.2) is 4.39 Å². The van der Waals surface area contributed by atoms with Crippen molar-refractivity contribution in [3.8, 4) is 16.8 Å². The number of nitrogens with one attached hydrogen (secondary N) is 1. The largest absolute Gasteiger partial charge is 0.394 e. The number of carbonyl (C=O) groups excluding carboxylic acids is 1. The van der Waals surface area contributed by atoms with E-state index in [-0.39, 0.29) is 18.3 Å².